The molecule has 0 aliphatic heterocycles. The van der Waals surface area contributed by atoms with E-state index in [0.717, 1.165) is 4.90 Å². The van der Waals surface area contributed by atoms with Crippen molar-refractivity contribution in [3.63, 3.8) is 0 Å². The number of benzene rings is 2. The third-order valence-corrected chi connectivity index (χ3v) is 4.40. The first kappa shape index (κ1) is 18.6. The SMILES string of the molecule is C[C@@H](OC(=O)[C@@H](C)Sc1ccccc1)C(=O)Nc1cccc(C#N)c1. The van der Waals surface area contributed by atoms with Crippen LogP contribution in [0.2, 0.25) is 0 Å². The summed E-state index contributed by atoms with van der Waals surface area (Å²) < 4.78 is 5.24. The first-order chi connectivity index (χ1) is 12.0. The molecular formula is C19H18N2O3S. The van der Waals surface area contributed by atoms with Crippen LogP contribution in [0.25, 0.3) is 0 Å². The summed E-state index contributed by atoms with van der Waals surface area (Å²) in [6.45, 7) is 3.25. The van der Waals surface area contributed by atoms with Gasteiger partial charge in [0, 0.05) is 10.6 Å². The molecule has 5 nitrogen and oxygen atoms in total. The summed E-state index contributed by atoms with van der Waals surface area (Å²) in [4.78, 5) is 25.3. The van der Waals surface area contributed by atoms with Crippen LogP contribution >= 0.6 is 11.8 Å². The van der Waals surface area contributed by atoms with Crippen LogP contribution in [0.3, 0.4) is 0 Å². The summed E-state index contributed by atoms with van der Waals surface area (Å²) in [5, 5.41) is 11.1. The third kappa shape index (κ3) is 5.66. The van der Waals surface area contributed by atoms with Gasteiger partial charge in [0.05, 0.1) is 11.6 Å². The molecule has 0 heterocycles. The number of nitrogens with zero attached hydrogens (tertiary/aromatic N) is 1. The predicted octanol–water partition coefficient (Wildman–Crippen LogP) is 3.61. The van der Waals surface area contributed by atoms with Crippen molar-refractivity contribution in [2.75, 3.05) is 5.32 Å². The Hall–Kier alpha value is -2.78. The molecule has 2 aromatic carbocycles. The zero-order chi connectivity index (χ0) is 18.2. The maximum absolute atomic E-state index is 12.2. The number of hydrogen-bond acceptors (Lipinski definition) is 5. The van der Waals surface area contributed by atoms with Crippen LogP contribution in [0, 0.1) is 11.3 Å². The minimum absolute atomic E-state index is 0.431. The van der Waals surface area contributed by atoms with Crippen LogP contribution in [0.4, 0.5) is 5.69 Å². The van der Waals surface area contributed by atoms with Crippen LogP contribution in [-0.2, 0) is 14.3 Å². The number of ether oxygens (including phenoxy) is 1. The van der Waals surface area contributed by atoms with Gasteiger partial charge in [0.15, 0.2) is 6.10 Å². The molecule has 2 aromatic rings. The van der Waals surface area contributed by atoms with E-state index in [0.29, 0.717) is 11.3 Å². The fraction of sp³-hybridized carbons (Fsp3) is 0.211. The predicted molar refractivity (Wildman–Crippen MR) is 97.1 cm³/mol. The second kappa shape index (κ2) is 8.90. The average Bonchev–Trinajstić information content (AvgIpc) is 2.62. The normalized spacial score (nSPS) is 12.5. The zero-order valence-electron chi connectivity index (χ0n) is 13.9. The van der Waals surface area contributed by atoms with Crippen molar-refractivity contribution >= 4 is 29.3 Å². The van der Waals surface area contributed by atoms with Gasteiger partial charge in [-0.3, -0.25) is 9.59 Å². The van der Waals surface area contributed by atoms with E-state index in [4.69, 9.17) is 10.00 Å². The van der Waals surface area contributed by atoms with Gasteiger partial charge in [-0.25, -0.2) is 0 Å². The number of esters is 1. The summed E-state index contributed by atoms with van der Waals surface area (Å²) in [6.07, 6.45) is -0.933. The second-order valence-electron chi connectivity index (χ2n) is 5.33. The molecule has 128 valence electrons. The van der Waals surface area contributed by atoms with E-state index >= 15 is 0 Å². The first-order valence-corrected chi connectivity index (χ1v) is 8.61. The van der Waals surface area contributed by atoms with Crippen LogP contribution in [-0.4, -0.2) is 23.2 Å². The molecule has 0 aromatic heterocycles. The molecule has 0 aliphatic carbocycles. The van der Waals surface area contributed by atoms with Crippen molar-refractivity contribution < 1.29 is 14.3 Å². The number of anilines is 1. The molecule has 0 saturated heterocycles. The van der Waals surface area contributed by atoms with E-state index in [1.54, 1.807) is 31.2 Å². The summed E-state index contributed by atoms with van der Waals surface area (Å²) in [6, 6.07) is 18.0. The van der Waals surface area contributed by atoms with Crippen molar-refractivity contribution in [1.29, 1.82) is 5.26 Å². The van der Waals surface area contributed by atoms with E-state index in [1.165, 1.54) is 18.7 Å². The van der Waals surface area contributed by atoms with Gasteiger partial charge in [-0.1, -0.05) is 24.3 Å². The fourth-order valence-electron chi connectivity index (χ4n) is 1.99. The summed E-state index contributed by atoms with van der Waals surface area (Å²) in [5.41, 5.74) is 0.925. The molecule has 0 aliphatic rings. The lowest BCUT2D eigenvalue weighted by atomic mass is 10.2. The molecule has 0 bridgehead atoms. The fourth-order valence-corrected chi connectivity index (χ4v) is 2.86. The molecule has 1 amide bonds. The zero-order valence-corrected chi connectivity index (χ0v) is 14.7. The Bertz CT molecular complexity index is 787. The first-order valence-electron chi connectivity index (χ1n) is 7.73. The lowest BCUT2D eigenvalue weighted by Gasteiger charge is -2.16. The number of amides is 1. The minimum Gasteiger partial charge on any atom is -0.452 e. The van der Waals surface area contributed by atoms with Crippen molar-refractivity contribution in [2.24, 2.45) is 0 Å². The molecule has 6 heteroatoms. The topological polar surface area (TPSA) is 79.2 Å². The van der Waals surface area contributed by atoms with Crippen molar-refractivity contribution in [2.45, 2.75) is 30.1 Å². The van der Waals surface area contributed by atoms with E-state index < -0.39 is 23.2 Å². The van der Waals surface area contributed by atoms with Crippen molar-refractivity contribution in [3.05, 3.63) is 60.2 Å². The van der Waals surface area contributed by atoms with Gasteiger partial charge in [0.2, 0.25) is 0 Å². The number of nitriles is 1. The van der Waals surface area contributed by atoms with Gasteiger partial charge < -0.3 is 10.1 Å². The molecule has 0 unspecified atom stereocenters. The monoisotopic (exact) mass is 354 g/mol. The number of carbonyl (C=O) groups excluding carboxylic acids is 2. The van der Waals surface area contributed by atoms with Gasteiger partial charge >= 0.3 is 5.97 Å². The highest BCUT2D eigenvalue weighted by Gasteiger charge is 2.22. The van der Waals surface area contributed by atoms with Gasteiger partial charge in [-0.05, 0) is 44.2 Å². The highest BCUT2D eigenvalue weighted by molar-refractivity contribution is 8.00. The maximum atomic E-state index is 12.2. The van der Waals surface area contributed by atoms with Gasteiger partial charge in [0.25, 0.3) is 5.91 Å². The number of thioether (sulfide) groups is 1. The van der Waals surface area contributed by atoms with Crippen LogP contribution in [0.5, 0.6) is 0 Å². The smallest absolute Gasteiger partial charge is 0.319 e. The van der Waals surface area contributed by atoms with Crippen LogP contribution in [0.15, 0.2) is 59.5 Å². The van der Waals surface area contributed by atoms with Crippen LogP contribution in [0.1, 0.15) is 19.4 Å². The molecule has 1 N–H and O–H groups in total. The standard InChI is InChI=1S/C19H18N2O3S/c1-13(18(22)21-16-8-6-7-15(11-16)12-20)24-19(23)14(2)25-17-9-4-3-5-10-17/h3-11,13-14H,1-2H3,(H,21,22)/t13-,14-/m1/s1. The molecule has 25 heavy (non-hydrogen) atoms. The molecule has 0 spiro atoms. The van der Waals surface area contributed by atoms with E-state index in [9.17, 15) is 9.59 Å². The Labute approximate surface area is 151 Å². The molecule has 2 rings (SSSR count). The van der Waals surface area contributed by atoms with E-state index in [2.05, 4.69) is 5.32 Å². The summed E-state index contributed by atoms with van der Waals surface area (Å²) in [7, 11) is 0. The summed E-state index contributed by atoms with van der Waals surface area (Å²) >= 11 is 1.37. The highest BCUT2D eigenvalue weighted by Crippen LogP contribution is 2.23. The lowest BCUT2D eigenvalue weighted by Crippen LogP contribution is -2.32. The Morgan fingerprint density at radius 1 is 1.12 bits per heavy atom. The minimum atomic E-state index is -0.933. The second-order valence-corrected chi connectivity index (χ2v) is 6.75. The van der Waals surface area contributed by atoms with E-state index in [-0.39, 0.29) is 0 Å². The molecule has 2 atom stereocenters. The van der Waals surface area contributed by atoms with Crippen LogP contribution < -0.4 is 5.32 Å². The number of hydrogen-bond donors (Lipinski definition) is 1. The Morgan fingerprint density at radius 2 is 1.84 bits per heavy atom. The molecule has 0 saturated carbocycles. The Balaban J connectivity index is 1.89. The number of carbonyl (C=O) groups is 2. The third-order valence-electron chi connectivity index (χ3n) is 3.31. The van der Waals surface area contributed by atoms with Gasteiger partial charge in [-0.2, -0.15) is 5.26 Å². The Kier molecular flexibility index (Phi) is 6.61. The number of rotatable bonds is 6. The quantitative estimate of drug-likeness (QED) is 0.633. The molecule has 0 radical (unpaired) electrons. The molecule has 0 fully saturated rings. The molecular weight excluding hydrogens is 336 g/mol. The van der Waals surface area contributed by atoms with Gasteiger partial charge in [-0.15, -0.1) is 11.8 Å². The largest absolute Gasteiger partial charge is 0.452 e. The summed E-state index contributed by atoms with van der Waals surface area (Å²) in [5.74, 6) is -0.900. The van der Waals surface area contributed by atoms with Gasteiger partial charge in [0.1, 0.15) is 5.25 Å². The average molecular weight is 354 g/mol. The van der Waals surface area contributed by atoms with E-state index in [1.807, 2.05) is 36.4 Å². The highest BCUT2D eigenvalue weighted by atomic mass is 32.2. The van der Waals surface area contributed by atoms with Crippen molar-refractivity contribution in [3.8, 4) is 6.07 Å². The lowest BCUT2D eigenvalue weighted by molar-refractivity contribution is -0.152. The van der Waals surface area contributed by atoms with Crippen molar-refractivity contribution in [1.82, 2.24) is 0 Å². The maximum Gasteiger partial charge on any atom is 0.319 e. The number of nitrogens with one attached hydrogen (secondary N) is 1. The Morgan fingerprint density at radius 3 is 2.52 bits per heavy atom.